The topological polar surface area (TPSA) is 55.1 Å². The van der Waals surface area contributed by atoms with Crippen LogP contribution in [0.4, 0.5) is 5.69 Å². The highest BCUT2D eigenvalue weighted by molar-refractivity contribution is 7.99. The summed E-state index contributed by atoms with van der Waals surface area (Å²) in [5.74, 6) is 0.861. The molecule has 0 bridgehead atoms. The number of hydrogen-bond acceptors (Lipinski definition) is 3. The lowest BCUT2D eigenvalue weighted by molar-refractivity contribution is -0.120. The van der Waals surface area contributed by atoms with Crippen molar-refractivity contribution in [2.75, 3.05) is 18.0 Å². The summed E-state index contributed by atoms with van der Waals surface area (Å²) in [6.45, 7) is 2.61. The van der Waals surface area contributed by atoms with Gasteiger partial charge in [0, 0.05) is 29.3 Å². The first kappa shape index (κ1) is 11.9. The van der Waals surface area contributed by atoms with Gasteiger partial charge in [0.1, 0.15) is 0 Å². The summed E-state index contributed by atoms with van der Waals surface area (Å²) in [6, 6.07) is 7.69. The van der Waals surface area contributed by atoms with Crippen molar-refractivity contribution in [3.8, 4) is 0 Å². The van der Waals surface area contributed by atoms with Crippen molar-refractivity contribution in [1.82, 2.24) is 5.32 Å². The molecule has 3 nitrogen and oxygen atoms in total. The molecule has 1 aromatic carbocycles. The Hall–Kier alpha value is -1.16. The third-order valence-corrected chi connectivity index (χ3v) is 2.97. The number of nitrogen functional groups attached to an aromatic ring is 1. The Labute approximate surface area is 94.4 Å². The minimum absolute atomic E-state index is 0.0968. The van der Waals surface area contributed by atoms with E-state index < -0.39 is 0 Å². The molecule has 4 heteroatoms. The fourth-order valence-corrected chi connectivity index (χ4v) is 2.07. The zero-order valence-corrected chi connectivity index (χ0v) is 9.64. The third-order valence-electron chi connectivity index (χ3n) is 1.88. The van der Waals surface area contributed by atoms with E-state index in [1.807, 2.05) is 31.2 Å². The molecular weight excluding hydrogens is 208 g/mol. The Morgan fingerprint density at radius 1 is 1.47 bits per heavy atom. The highest BCUT2D eigenvalue weighted by atomic mass is 32.2. The van der Waals surface area contributed by atoms with Crippen molar-refractivity contribution in [1.29, 1.82) is 0 Å². The second-order valence-corrected chi connectivity index (χ2v) is 4.23. The van der Waals surface area contributed by atoms with Gasteiger partial charge in [-0.3, -0.25) is 4.79 Å². The number of para-hydroxylation sites is 1. The molecule has 1 amide bonds. The number of rotatable bonds is 5. The highest BCUT2D eigenvalue weighted by Crippen LogP contribution is 2.24. The maximum Gasteiger partial charge on any atom is 0.220 e. The average Bonchev–Trinajstić information content (AvgIpc) is 2.21. The first-order chi connectivity index (χ1) is 7.24. The molecule has 0 aromatic heterocycles. The summed E-state index contributed by atoms with van der Waals surface area (Å²) >= 11 is 1.62. The highest BCUT2D eigenvalue weighted by Gasteiger charge is 2.01. The van der Waals surface area contributed by atoms with E-state index in [9.17, 15) is 4.79 Å². The fourth-order valence-electron chi connectivity index (χ4n) is 1.15. The molecule has 1 rings (SSSR count). The molecule has 15 heavy (non-hydrogen) atoms. The van der Waals surface area contributed by atoms with Crippen LogP contribution in [0.1, 0.15) is 13.3 Å². The number of hydrogen-bond donors (Lipinski definition) is 2. The van der Waals surface area contributed by atoms with Crippen LogP contribution in [0.5, 0.6) is 0 Å². The second-order valence-electron chi connectivity index (χ2n) is 3.09. The molecule has 0 atom stereocenters. The van der Waals surface area contributed by atoms with E-state index in [4.69, 9.17) is 5.73 Å². The molecule has 0 saturated heterocycles. The minimum atomic E-state index is 0.0968. The molecule has 0 aliphatic carbocycles. The Kier molecular flexibility index (Phi) is 5.04. The van der Waals surface area contributed by atoms with E-state index in [1.165, 1.54) is 0 Å². The number of benzene rings is 1. The average molecular weight is 224 g/mol. The molecule has 0 saturated carbocycles. The molecular formula is C11H16N2OS. The zero-order valence-electron chi connectivity index (χ0n) is 8.82. The molecule has 3 N–H and O–H groups in total. The third kappa shape index (κ3) is 4.25. The Morgan fingerprint density at radius 3 is 2.87 bits per heavy atom. The second kappa shape index (κ2) is 6.35. The number of amides is 1. The largest absolute Gasteiger partial charge is 0.398 e. The van der Waals surface area contributed by atoms with Crippen LogP contribution in [0.25, 0.3) is 0 Å². The van der Waals surface area contributed by atoms with Gasteiger partial charge in [-0.2, -0.15) is 0 Å². The van der Waals surface area contributed by atoms with Crippen molar-refractivity contribution in [2.45, 2.75) is 18.2 Å². The lowest BCUT2D eigenvalue weighted by Crippen LogP contribution is -2.22. The van der Waals surface area contributed by atoms with Gasteiger partial charge in [0.2, 0.25) is 5.91 Å². The van der Waals surface area contributed by atoms with Crippen molar-refractivity contribution >= 4 is 23.4 Å². The van der Waals surface area contributed by atoms with Crippen molar-refractivity contribution in [2.24, 2.45) is 0 Å². The molecule has 0 heterocycles. The summed E-state index contributed by atoms with van der Waals surface area (Å²) in [4.78, 5) is 12.2. The van der Waals surface area contributed by atoms with Gasteiger partial charge in [0.05, 0.1) is 0 Å². The van der Waals surface area contributed by atoms with Crippen LogP contribution in [-0.4, -0.2) is 18.2 Å². The molecule has 0 unspecified atom stereocenters. The molecule has 82 valence electrons. The van der Waals surface area contributed by atoms with Crippen LogP contribution < -0.4 is 11.1 Å². The van der Waals surface area contributed by atoms with Crippen LogP contribution in [0.2, 0.25) is 0 Å². The standard InChI is InChI=1S/C11H16N2OS/c1-2-13-11(14)7-8-15-10-6-4-3-5-9(10)12/h3-6H,2,7-8,12H2,1H3,(H,13,14). The van der Waals surface area contributed by atoms with Gasteiger partial charge in [-0.25, -0.2) is 0 Å². The summed E-state index contributed by atoms with van der Waals surface area (Å²) in [5.41, 5.74) is 6.55. The SMILES string of the molecule is CCNC(=O)CCSc1ccccc1N. The molecule has 0 aliphatic rings. The number of thioether (sulfide) groups is 1. The van der Waals surface area contributed by atoms with E-state index in [0.29, 0.717) is 13.0 Å². The molecule has 0 aliphatic heterocycles. The predicted molar refractivity (Wildman–Crippen MR) is 64.9 cm³/mol. The van der Waals surface area contributed by atoms with Gasteiger partial charge < -0.3 is 11.1 Å². The van der Waals surface area contributed by atoms with E-state index in [2.05, 4.69) is 5.32 Å². The van der Waals surface area contributed by atoms with E-state index in [1.54, 1.807) is 11.8 Å². The van der Waals surface area contributed by atoms with Gasteiger partial charge in [-0.05, 0) is 19.1 Å². The monoisotopic (exact) mass is 224 g/mol. The Morgan fingerprint density at radius 2 is 2.20 bits per heavy atom. The quantitative estimate of drug-likeness (QED) is 0.593. The minimum Gasteiger partial charge on any atom is -0.398 e. The maximum absolute atomic E-state index is 11.2. The van der Waals surface area contributed by atoms with Crippen molar-refractivity contribution in [3.63, 3.8) is 0 Å². The maximum atomic E-state index is 11.2. The Bertz CT molecular complexity index is 328. The first-order valence-corrected chi connectivity index (χ1v) is 5.96. The van der Waals surface area contributed by atoms with Crippen molar-refractivity contribution < 1.29 is 4.79 Å². The fraction of sp³-hybridized carbons (Fsp3) is 0.364. The number of anilines is 1. The number of carbonyl (C=O) groups excluding carboxylic acids is 1. The van der Waals surface area contributed by atoms with E-state index in [-0.39, 0.29) is 5.91 Å². The first-order valence-electron chi connectivity index (χ1n) is 4.98. The van der Waals surface area contributed by atoms with Crippen LogP contribution >= 0.6 is 11.8 Å². The van der Waals surface area contributed by atoms with Gasteiger partial charge in [0.25, 0.3) is 0 Å². The van der Waals surface area contributed by atoms with E-state index in [0.717, 1.165) is 16.3 Å². The summed E-state index contributed by atoms with van der Waals surface area (Å²) < 4.78 is 0. The summed E-state index contributed by atoms with van der Waals surface area (Å²) in [5, 5.41) is 2.76. The van der Waals surface area contributed by atoms with Crippen LogP contribution in [-0.2, 0) is 4.79 Å². The predicted octanol–water partition coefficient (Wildman–Crippen LogP) is 1.89. The van der Waals surface area contributed by atoms with E-state index >= 15 is 0 Å². The molecule has 1 aromatic rings. The zero-order chi connectivity index (χ0) is 11.1. The lowest BCUT2D eigenvalue weighted by atomic mass is 10.3. The van der Waals surface area contributed by atoms with Gasteiger partial charge >= 0.3 is 0 Å². The smallest absolute Gasteiger partial charge is 0.220 e. The summed E-state index contributed by atoms with van der Waals surface area (Å²) in [6.07, 6.45) is 0.535. The van der Waals surface area contributed by atoms with Gasteiger partial charge in [-0.15, -0.1) is 11.8 Å². The summed E-state index contributed by atoms with van der Waals surface area (Å²) in [7, 11) is 0. The lowest BCUT2D eigenvalue weighted by Gasteiger charge is -2.04. The number of nitrogens with two attached hydrogens (primary N) is 1. The number of carbonyl (C=O) groups is 1. The number of nitrogens with one attached hydrogen (secondary N) is 1. The van der Waals surface area contributed by atoms with Crippen LogP contribution in [0.15, 0.2) is 29.2 Å². The van der Waals surface area contributed by atoms with Crippen molar-refractivity contribution in [3.05, 3.63) is 24.3 Å². The van der Waals surface area contributed by atoms with Gasteiger partial charge in [0.15, 0.2) is 0 Å². The molecule has 0 fully saturated rings. The molecule has 0 radical (unpaired) electrons. The van der Waals surface area contributed by atoms with Crippen LogP contribution in [0, 0.1) is 0 Å². The Balaban J connectivity index is 2.32. The van der Waals surface area contributed by atoms with Gasteiger partial charge in [-0.1, -0.05) is 12.1 Å². The normalized spacial score (nSPS) is 9.93. The molecule has 0 spiro atoms. The van der Waals surface area contributed by atoms with Crippen LogP contribution in [0.3, 0.4) is 0 Å².